The Morgan fingerprint density at radius 1 is 1.00 bits per heavy atom. The van der Waals surface area contributed by atoms with Crippen molar-refractivity contribution in [2.24, 2.45) is 0 Å². The largest absolute Gasteiger partial charge is 0.375 e. The number of nitrogens with zero attached hydrogens (tertiary/aromatic N) is 2. The van der Waals surface area contributed by atoms with E-state index in [9.17, 15) is 0 Å². The Bertz CT molecular complexity index is 583. The molecule has 104 valence electrons. The van der Waals surface area contributed by atoms with Crippen LogP contribution in [-0.2, 0) is 10.8 Å². The van der Waals surface area contributed by atoms with E-state index in [1.165, 1.54) is 11.3 Å². The van der Waals surface area contributed by atoms with Gasteiger partial charge in [-0.2, -0.15) is 0 Å². The first-order chi connectivity index (χ1) is 8.59. The van der Waals surface area contributed by atoms with Gasteiger partial charge in [0.25, 0.3) is 0 Å². The van der Waals surface area contributed by atoms with E-state index >= 15 is 0 Å². The second-order valence-electron chi connectivity index (χ2n) is 6.77. The first kappa shape index (κ1) is 14.5. The number of anilines is 1. The number of hydrogen-bond donors (Lipinski definition) is 1. The second-order valence-corrected chi connectivity index (χ2v) is 8.66. The van der Waals surface area contributed by atoms with E-state index < -0.39 is 0 Å². The molecule has 0 bridgehead atoms. The van der Waals surface area contributed by atoms with Gasteiger partial charge in [0.05, 0.1) is 21.3 Å². The molecule has 5 heteroatoms. The Kier molecular flexibility index (Phi) is 3.47. The lowest BCUT2D eigenvalue weighted by Crippen LogP contribution is -2.15. The van der Waals surface area contributed by atoms with E-state index in [1.807, 2.05) is 5.38 Å². The molecule has 0 aliphatic heterocycles. The third kappa shape index (κ3) is 2.98. The monoisotopic (exact) mass is 295 g/mol. The summed E-state index contributed by atoms with van der Waals surface area (Å²) in [5, 5.41) is 3.78. The molecule has 0 aliphatic rings. The van der Waals surface area contributed by atoms with Crippen LogP contribution < -0.4 is 5.73 Å². The Balaban J connectivity index is 2.62. The van der Waals surface area contributed by atoms with Crippen LogP contribution in [0.2, 0.25) is 0 Å². The zero-order chi connectivity index (χ0) is 14.4. The van der Waals surface area contributed by atoms with Gasteiger partial charge in [-0.1, -0.05) is 41.5 Å². The van der Waals surface area contributed by atoms with Gasteiger partial charge in [0.15, 0.2) is 5.13 Å². The van der Waals surface area contributed by atoms with E-state index in [0.29, 0.717) is 5.13 Å². The molecule has 0 amide bonds. The van der Waals surface area contributed by atoms with Crippen LogP contribution in [0, 0.1) is 0 Å². The lowest BCUT2D eigenvalue weighted by atomic mass is 9.90. The summed E-state index contributed by atoms with van der Waals surface area (Å²) in [7, 11) is 0. The van der Waals surface area contributed by atoms with Crippen molar-refractivity contribution < 1.29 is 0 Å². The van der Waals surface area contributed by atoms with Crippen molar-refractivity contribution in [3.63, 3.8) is 0 Å². The normalized spacial score (nSPS) is 12.9. The average molecular weight is 295 g/mol. The van der Waals surface area contributed by atoms with Gasteiger partial charge in [0, 0.05) is 16.2 Å². The fraction of sp³-hybridized carbons (Fsp3) is 0.571. The van der Waals surface area contributed by atoms with Crippen molar-refractivity contribution in [3.05, 3.63) is 16.1 Å². The van der Waals surface area contributed by atoms with Gasteiger partial charge in [-0.05, 0) is 0 Å². The minimum absolute atomic E-state index is 0.00765. The lowest BCUT2D eigenvalue weighted by Gasteiger charge is -2.18. The molecule has 3 nitrogen and oxygen atoms in total. The summed E-state index contributed by atoms with van der Waals surface area (Å²) in [5.74, 6) is 0. The maximum Gasteiger partial charge on any atom is 0.180 e. The van der Waals surface area contributed by atoms with Crippen molar-refractivity contribution >= 4 is 27.8 Å². The summed E-state index contributed by atoms with van der Waals surface area (Å²) < 4.78 is 0. The fourth-order valence-electron chi connectivity index (χ4n) is 1.71. The fourth-order valence-corrected chi connectivity index (χ4v) is 3.64. The Morgan fingerprint density at radius 3 is 2.05 bits per heavy atom. The van der Waals surface area contributed by atoms with E-state index in [1.54, 1.807) is 11.3 Å². The van der Waals surface area contributed by atoms with Gasteiger partial charge in [-0.15, -0.1) is 22.7 Å². The summed E-state index contributed by atoms with van der Waals surface area (Å²) in [6, 6.07) is 0. The molecule has 0 saturated carbocycles. The first-order valence-corrected chi connectivity index (χ1v) is 8.02. The average Bonchev–Trinajstić information content (AvgIpc) is 2.79. The molecular weight excluding hydrogens is 274 g/mol. The van der Waals surface area contributed by atoms with Crippen molar-refractivity contribution in [2.45, 2.75) is 52.4 Å². The maximum atomic E-state index is 5.76. The van der Waals surface area contributed by atoms with Crippen molar-refractivity contribution in [1.82, 2.24) is 9.97 Å². The van der Waals surface area contributed by atoms with Gasteiger partial charge in [-0.25, -0.2) is 9.97 Å². The van der Waals surface area contributed by atoms with E-state index in [4.69, 9.17) is 10.7 Å². The summed E-state index contributed by atoms with van der Waals surface area (Å²) >= 11 is 3.22. The molecule has 0 spiro atoms. The molecule has 0 aromatic carbocycles. The molecule has 0 atom stereocenters. The van der Waals surface area contributed by atoms with E-state index in [2.05, 4.69) is 46.5 Å². The Hall–Kier alpha value is -0.940. The standard InChI is InChI=1S/C14H21N3S2/c1-13(2,3)10-9(8-7-18-12(15)16-8)19-11(17-10)14(4,5)6/h7H,1-6H3,(H2,15,16). The SMILES string of the molecule is CC(C)(C)c1nc(C(C)(C)C)c(-c2csc(N)n2)s1. The Labute approximate surface area is 122 Å². The van der Waals surface area contributed by atoms with Crippen molar-refractivity contribution in [1.29, 1.82) is 0 Å². The van der Waals surface area contributed by atoms with Crippen LogP contribution >= 0.6 is 22.7 Å². The second kappa shape index (κ2) is 4.56. The van der Waals surface area contributed by atoms with E-state index in [-0.39, 0.29) is 10.8 Å². The van der Waals surface area contributed by atoms with Crippen LogP contribution in [0.4, 0.5) is 5.13 Å². The zero-order valence-corrected chi connectivity index (χ0v) is 14.0. The lowest BCUT2D eigenvalue weighted by molar-refractivity contribution is 0.548. The quantitative estimate of drug-likeness (QED) is 0.846. The van der Waals surface area contributed by atoms with Crippen LogP contribution in [0.3, 0.4) is 0 Å². The molecule has 0 unspecified atom stereocenters. The highest BCUT2D eigenvalue weighted by Crippen LogP contribution is 2.41. The molecule has 2 heterocycles. The highest BCUT2D eigenvalue weighted by Gasteiger charge is 2.29. The third-order valence-corrected chi connectivity index (χ3v) is 4.91. The first-order valence-electron chi connectivity index (χ1n) is 6.32. The summed E-state index contributed by atoms with van der Waals surface area (Å²) in [6.45, 7) is 13.1. The molecule has 19 heavy (non-hydrogen) atoms. The minimum Gasteiger partial charge on any atom is -0.375 e. The summed E-state index contributed by atoms with van der Waals surface area (Å²) in [5.41, 5.74) is 7.90. The molecule has 0 saturated heterocycles. The molecule has 2 rings (SSSR count). The number of rotatable bonds is 1. The third-order valence-electron chi connectivity index (χ3n) is 2.73. The molecule has 0 fully saturated rings. The minimum atomic E-state index is 0.00765. The van der Waals surface area contributed by atoms with Gasteiger partial charge in [0.2, 0.25) is 0 Å². The van der Waals surface area contributed by atoms with Crippen molar-refractivity contribution in [2.75, 3.05) is 5.73 Å². The molecule has 0 aliphatic carbocycles. The molecule has 0 radical (unpaired) electrons. The predicted octanol–water partition coefficient (Wildman–Crippen LogP) is 4.44. The zero-order valence-electron chi connectivity index (χ0n) is 12.4. The smallest absolute Gasteiger partial charge is 0.180 e. The predicted molar refractivity (Wildman–Crippen MR) is 85.0 cm³/mol. The van der Waals surface area contributed by atoms with Crippen LogP contribution in [0.15, 0.2) is 5.38 Å². The number of hydrogen-bond acceptors (Lipinski definition) is 5. The van der Waals surface area contributed by atoms with Gasteiger partial charge < -0.3 is 5.73 Å². The van der Waals surface area contributed by atoms with Crippen LogP contribution in [-0.4, -0.2) is 9.97 Å². The van der Waals surface area contributed by atoms with Crippen LogP contribution in [0.5, 0.6) is 0 Å². The van der Waals surface area contributed by atoms with E-state index in [0.717, 1.165) is 21.3 Å². The summed E-state index contributed by atoms with van der Waals surface area (Å²) in [6.07, 6.45) is 0. The summed E-state index contributed by atoms with van der Waals surface area (Å²) in [4.78, 5) is 10.5. The van der Waals surface area contributed by atoms with Gasteiger partial charge >= 0.3 is 0 Å². The highest BCUT2D eigenvalue weighted by molar-refractivity contribution is 7.16. The van der Waals surface area contributed by atoms with Crippen LogP contribution in [0.25, 0.3) is 10.6 Å². The molecule has 2 aromatic heterocycles. The highest BCUT2D eigenvalue weighted by atomic mass is 32.1. The number of nitrogens with two attached hydrogens (primary N) is 1. The Morgan fingerprint density at radius 2 is 1.63 bits per heavy atom. The molecule has 2 aromatic rings. The van der Waals surface area contributed by atoms with Gasteiger partial charge in [0.1, 0.15) is 0 Å². The maximum absolute atomic E-state index is 5.76. The topological polar surface area (TPSA) is 51.8 Å². The van der Waals surface area contributed by atoms with Gasteiger partial charge in [-0.3, -0.25) is 0 Å². The number of thiazole rings is 2. The molecule has 2 N–H and O–H groups in total. The van der Waals surface area contributed by atoms with Crippen molar-refractivity contribution in [3.8, 4) is 10.6 Å². The molecular formula is C14H21N3S2. The number of nitrogen functional groups attached to an aromatic ring is 1. The van der Waals surface area contributed by atoms with Crippen LogP contribution in [0.1, 0.15) is 52.2 Å². The number of aromatic nitrogens is 2.